The third-order valence-corrected chi connectivity index (χ3v) is 9.68. The fourth-order valence-corrected chi connectivity index (χ4v) is 9.42. The zero-order valence-electron chi connectivity index (χ0n) is 17.2. The number of nitrogens with one attached hydrogen (secondary N) is 1. The molecule has 7 rings (SSSR count). The standard InChI is InChI=1S/C24H28BrN3OS/c25-24-11-17-8-18(12-24)10-23(9-17,15-24)21(29)27-22-26-19-6-7-28(14-20(19)30-22)13-16-4-2-1-3-5-16/h1-5,17-18H,6-15H2,(H,26,27,29). The molecule has 4 fully saturated rings. The molecule has 4 aliphatic carbocycles. The zero-order valence-corrected chi connectivity index (χ0v) is 19.6. The van der Waals surface area contributed by atoms with Crippen molar-refractivity contribution >= 4 is 38.3 Å². The number of amides is 1. The number of halogens is 1. The molecule has 4 bridgehead atoms. The second-order valence-electron chi connectivity index (χ2n) is 10.2. The van der Waals surface area contributed by atoms with Crippen molar-refractivity contribution < 1.29 is 4.79 Å². The van der Waals surface area contributed by atoms with Gasteiger partial charge < -0.3 is 5.32 Å². The molecule has 2 aromatic rings. The van der Waals surface area contributed by atoms with E-state index in [0.717, 1.165) is 50.4 Å². The Hall–Kier alpha value is -1.24. The van der Waals surface area contributed by atoms with Crippen LogP contribution < -0.4 is 5.32 Å². The Morgan fingerprint density at radius 2 is 1.97 bits per heavy atom. The molecule has 0 radical (unpaired) electrons. The Labute approximate surface area is 190 Å². The smallest absolute Gasteiger partial charge is 0.232 e. The van der Waals surface area contributed by atoms with Crippen LogP contribution in [0.1, 0.15) is 54.7 Å². The van der Waals surface area contributed by atoms with E-state index in [4.69, 9.17) is 4.98 Å². The summed E-state index contributed by atoms with van der Waals surface area (Å²) in [5.74, 6) is 1.66. The molecule has 5 aliphatic rings. The van der Waals surface area contributed by atoms with Gasteiger partial charge >= 0.3 is 0 Å². The number of hydrogen-bond acceptors (Lipinski definition) is 4. The van der Waals surface area contributed by atoms with Crippen LogP contribution in [0, 0.1) is 17.3 Å². The summed E-state index contributed by atoms with van der Waals surface area (Å²) in [6.45, 7) is 2.93. The number of rotatable bonds is 4. The normalized spacial score (nSPS) is 34.7. The minimum Gasteiger partial charge on any atom is -0.301 e. The van der Waals surface area contributed by atoms with E-state index < -0.39 is 0 Å². The maximum absolute atomic E-state index is 13.5. The lowest BCUT2D eigenvalue weighted by Crippen LogP contribution is -2.57. The summed E-state index contributed by atoms with van der Waals surface area (Å²) in [5, 5.41) is 4.08. The second-order valence-corrected chi connectivity index (χ2v) is 12.9. The highest BCUT2D eigenvalue weighted by Crippen LogP contribution is 2.64. The van der Waals surface area contributed by atoms with Crippen LogP contribution in [-0.2, 0) is 24.3 Å². The van der Waals surface area contributed by atoms with Gasteiger partial charge in [-0.1, -0.05) is 46.3 Å². The summed E-state index contributed by atoms with van der Waals surface area (Å²) >= 11 is 5.71. The van der Waals surface area contributed by atoms with Gasteiger partial charge in [0.2, 0.25) is 5.91 Å². The number of carbonyl (C=O) groups is 1. The zero-order chi connectivity index (χ0) is 20.3. The molecule has 4 nitrogen and oxygen atoms in total. The predicted octanol–water partition coefficient (Wildman–Crippen LogP) is 5.37. The van der Waals surface area contributed by atoms with Gasteiger partial charge in [0, 0.05) is 35.3 Å². The van der Waals surface area contributed by atoms with Crippen LogP contribution in [0.25, 0.3) is 0 Å². The van der Waals surface area contributed by atoms with Gasteiger partial charge in [-0.15, -0.1) is 11.3 Å². The molecule has 30 heavy (non-hydrogen) atoms. The molecular weight excluding hydrogens is 458 g/mol. The summed E-state index contributed by atoms with van der Waals surface area (Å²) in [7, 11) is 0. The first-order chi connectivity index (χ1) is 14.5. The van der Waals surface area contributed by atoms with Crippen molar-refractivity contribution in [2.75, 3.05) is 11.9 Å². The quantitative estimate of drug-likeness (QED) is 0.591. The second kappa shape index (κ2) is 7.14. The summed E-state index contributed by atoms with van der Waals surface area (Å²) in [6.07, 6.45) is 7.92. The van der Waals surface area contributed by atoms with Crippen LogP contribution in [0.5, 0.6) is 0 Å². The molecule has 2 unspecified atom stereocenters. The SMILES string of the molecule is O=C(Nc1nc2c(s1)CN(Cc1ccccc1)CC2)C12CC3CC(CC(Br)(C3)C1)C2. The molecule has 1 aromatic heterocycles. The van der Waals surface area contributed by atoms with E-state index >= 15 is 0 Å². The van der Waals surface area contributed by atoms with Crippen LogP contribution in [0.15, 0.2) is 30.3 Å². The maximum atomic E-state index is 13.5. The van der Waals surface area contributed by atoms with Crippen molar-refractivity contribution in [1.82, 2.24) is 9.88 Å². The molecule has 2 heterocycles. The van der Waals surface area contributed by atoms with Gasteiger partial charge in [-0.05, 0) is 55.9 Å². The number of anilines is 1. The van der Waals surface area contributed by atoms with Crippen molar-refractivity contribution in [3.05, 3.63) is 46.5 Å². The highest BCUT2D eigenvalue weighted by atomic mass is 79.9. The fourth-order valence-electron chi connectivity index (χ4n) is 6.92. The van der Waals surface area contributed by atoms with Crippen LogP contribution in [0.4, 0.5) is 5.13 Å². The molecule has 158 valence electrons. The fraction of sp³-hybridized carbons (Fsp3) is 0.583. The minimum atomic E-state index is -0.181. The molecule has 2 atom stereocenters. The lowest BCUT2D eigenvalue weighted by atomic mass is 9.49. The van der Waals surface area contributed by atoms with Crippen molar-refractivity contribution in [3.63, 3.8) is 0 Å². The lowest BCUT2D eigenvalue weighted by Gasteiger charge is -2.59. The number of fused-ring (bicyclic) bond motifs is 1. The molecule has 1 aliphatic heterocycles. The van der Waals surface area contributed by atoms with Gasteiger partial charge in [0.1, 0.15) is 0 Å². The molecular formula is C24H28BrN3OS. The molecule has 1 amide bonds. The van der Waals surface area contributed by atoms with E-state index in [1.807, 2.05) is 0 Å². The van der Waals surface area contributed by atoms with E-state index in [9.17, 15) is 4.79 Å². The van der Waals surface area contributed by atoms with Crippen molar-refractivity contribution in [2.45, 2.75) is 62.4 Å². The number of alkyl halides is 1. The number of hydrogen-bond donors (Lipinski definition) is 1. The predicted molar refractivity (Wildman–Crippen MR) is 124 cm³/mol. The Balaban J connectivity index is 1.16. The Bertz CT molecular complexity index is 960. The van der Waals surface area contributed by atoms with Crippen LogP contribution >= 0.6 is 27.3 Å². The molecule has 0 spiro atoms. The molecule has 1 aromatic carbocycles. The number of aromatic nitrogens is 1. The van der Waals surface area contributed by atoms with Gasteiger partial charge in [-0.25, -0.2) is 4.98 Å². The van der Waals surface area contributed by atoms with Gasteiger partial charge in [0.15, 0.2) is 5.13 Å². The van der Waals surface area contributed by atoms with Crippen LogP contribution in [0.3, 0.4) is 0 Å². The summed E-state index contributed by atoms with van der Waals surface area (Å²) in [5.41, 5.74) is 2.35. The van der Waals surface area contributed by atoms with Crippen LogP contribution in [-0.4, -0.2) is 26.7 Å². The first-order valence-electron chi connectivity index (χ1n) is 11.2. The van der Waals surface area contributed by atoms with Crippen molar-refractivity contribution in [3.8, 4) is 0 Å². The van der Waals surface area contributed by atoms with Crippen molar-refractivity contribution in [1.29, 1.82) is 0 Å². The lowest BCUT2D eigenvalue weighted by molar-refractivity contribution is -0.138. The van der Waals surface area contributed by atoms with Gasteiger partial charge in [-0.3, -0.25) is 9.69 Å². The first kappa shape index (κ1) is 19.4. The molecule has 0 saturated heterocycles. The summed E-state index contributed by atoms with van der Waals surface area (Å²) in [4.78, 5) is 22.1. The Morgan fingerprint density at radius 1 is 1.20 bits per heavy atom. The minimum absolute atomic E-state index is 0.181. The third kappa shape index (κ3) is 3.45. The van der Waals surface area contributed by atoms with Gasteiger partial charge in [0.25, 0.3) is 0 Å². The first-order valence-corrected chi connectivity index (χ1v) is 12.8. The molecule has 4 saturated carbocycles. The molecule has 6 heteroatoms. The van der Waals surface area contributed by atoms with Gasteiger partial charge in [-0.2, -0.15) is 0 Å². The largest absolute Gasteiger partial charge is 0.301 e. The average molecular weight is 486 g/mol. The van der Waals surface area contributed by atoms with Gasteiger partial charge in [0.05, 0.1) is 11.1 Å². The van der Waals surface area contributed by atoms with E-state index in [1.165, 1.54) is 35.4 Å². The number of carbonyl (C=O) groups excluding carboxylic acids is 1. The molecule has 1 N–H and O–H groups in total. The maximum Gasteiger partial charge on any atom is 0.232 e. The highest BCUT2D eigenvalue weighted by molar-refractivity contribution is 9.10. The van der Waals surface area contributed by atoms with Crippen molar-refractivity contribution in [2.24, 2.45) is 17.3 Å². The number of thiazole rings is 1. The summed E-state index contributed by atoms with van der Waals surface area (Å²) < 4.78 is 0.203. The topological polar surface area (TPSA) is 45.2 Å². The van der Waals surface area contributed by atoms with E-state index in [0.29, 0.717) is 11.8 Å². The summed E-state index contributed by atoms with van der Waals surface area (Å²) in [6, 6.07) is 10.7. The third-order valence-electron chi connectivity index (χ3n) is 7.75. The highest BCUT2D eigenvalue weighted by Gasteiger charge is 2.59. The number of nitrogens with zero attached hydrogens (tertiary/aromatic N) is 2. The monoisotopic (exact) mass is 485 g/mol. The average Bonchev–Trinajstić information content (AvgIpc) is 3.08. The van der Waals surface area contributed by atoms with E-state index in [-0.39, 0.29) is 15.6 Å². The van der Waals surface area contributed by atoms with Crippen LogP contribution in [0.2, 0.25) is 0 Å². The van der Waals surface area contributed by atoms with E-state index in [1.54, 1.807) is 11.3 Å². The Kier molecular flexibility index (Phi) is 4.63. The Morgan fingerprint density at radius 3 is 2.70 bits per heavy atom. The number of benzene rings is 1. The van der Waals surface area contributed by atoms with E-state index in [2.05, 4.69) is 56.5 Å².